The lowest BCUT2D eigenvalue weighted by atomic mass is 9.98. The fraction of sp³-hybridized carbons (Fsp3) is 0.984. The van der Waals surface area contributed by atoms with E-state index in [-0.39, 0.29) is 6.42 Å². The SMILES string of the molecule is CCCCCCCCCCCCCCCCCCCCCCCCCCC(O)C(=O)NC(COC1OC(CO)C(O)C(O)C1O)C(O)C(O)CCCCCCCCCCCCCCCCCCCCCCCC. The minimum atomic E-state index is -1.66. The molecule has 436 valence electrons. The fourth-order valence-corrected chi connectivity index (χ4v) is 10.7. The Bertz CT molecular complexity index is 1150. The first-order valence-corrected chi connectivity index (χ1v) is 31.9. The second-order valence-corrected chi connectivity index (χ2v) is 22.9. The van der Waals surface area contributed by atoms with E-state index in [2.05, 4.69) is 19.2 Å². The second kappa shape index (κ2) is 51.8. The number of aliphatic hydroxyl groups excluding tert-OH is 7. The molecule has 1 aliphatic rings. The van der Waals surface area contributed by atoms with Crippen molar-refractivity contribution in [3.63, 3.8) is 0 Å². The van der Waals surface area contributed by atoms with Crippen LogP contribution in [0.15, 0.2) is 0 Å². The summed E-state index contributed by atoms with van der Waals surface area (Å²) in [6.45, 7) is 3.52. The number of aliphatic hydroxyl groups is 7. The molecule has 9 unspecified atom stereocenters. The van der Waals surface area contributed by atoms with Crippen LogP contribution in [0.2, 0.25) is 0 Å². The predicted octanol–water partition coefficient (Wildman–Crippen LogP) is 14.1. The van der Waals surface area contributed by atoms with Gasteiger partial charge in [-0.15, -0.1) is 0 Å². The highest BCUT2D eigenvalue weighted by Gasteiger charge is 2.44. The third kappa shape index (κ3) is 40.0. The molecule has 0 saturated carbocycles. The lowest BCUT2D eigenvalue weighted by Crippen LogP contribution is -2.60. The van der Waals surface area contributed by atoms with Crippen LogP contribution >= 0.6 is 0 Å². The average molecular weight is 1040 g/mol. The molecule has 0 aromatic carbocycles. The van der Waals surface area contributed by atoms with Crippen molar-refractivity contribution in [1.82, 2.24) is 5.32 Å². The number of carbonyl (C=O) groups excluding carboxylic acids is 1. The van der Waals surface area contributed by atoms with E-state index in [1.54, 1.807) is 0 Å². The largest absolute Gasteiger partial charge is 0.394 e. The molecule has 0 radical (unpaired) electrons. The zero-order chi connectivity index (χ0) is 53.3. The molecule has 1 rings (SSSR count). The van der Waals surface area contributed by atoms with Gasteiger partial charge in [0.2, 0.25) is 5.91 Å². The summed E-state index contributed by atoms with van der Waals surface area (Å²) in [6, 6.07) is -1.16. The Labute approximate surface area is 449 Å². The first kappa shape index (κ1) is 70.1. The maximum absolute atomic E-state index is 13.2. The summed E-state index contributed by atoms with van der Waals surface area (Å²) in [6.07, 6.45) is 48.7. The van der Waals surface area contributed by atoms with Gasteiger partial charge in [0.25, 0.3) is 0 Å². The number of hydrogen-bond acceptors (Lipinski definition) is 10. The molecule has 1 saturated heterocycles. The molecule has 0 spiro atoms. The molecule has 1 heterocycles. The molecule has 11 nitrogen and oxygen atoms in total. The van der Waals surface area contributed by atoms with E-state index in [0.29, 0.717) is 19.3 Å². The van der Waals surface area contributed by atoms with Crippen molar-refractivity contribution >= 4 is 5.91 Å². The summed E-state index contributed by atoms with van der Waals surface area (Å²) in [5.41, 5.74) is 0. The lowest BCUT2D eigenvalue weighted by molar-refractivity contribution is -0.303. The van der Waals surface area contributed by atoms with Crippen LogP contribution in [0.5, 0.6) is 0 Å². The highest BCUT2D eigenvalue weighted by atomic mass is 16.7. The van der Waals surface area contributed by atoms with Gasteiger partial charge in [0.15, 0.2) is 6.29 Å². The zero-order valence-electron chi connectivity index (χ0n) is 47.9. The number of ether oxygens (including phenoxy) is 2. The maximum atomic E-state index is 13.2. The summed E-state index contributed by atoms with van der Waals surface area (Å²) in [5.74, 6) is -0.688. The molecule has 1 fully saturated rings. The van der Waals surface area contributed by atoms with Crippen LogP contribution in [0.3, 0.4) is 0 Å². The van der Waals surface area contributed by atoms with Crippen LogP contribution in [-0.4, -0.2) is 110 Å². The highest BCUT2D eigenvalue weighted by molar-refractivity contribution is 5.80. The molecule has 1 amide bonds. The first-order chi connectivity index (χ1) is 35.7. The van der Waals surface area contributed by atoms with Gasteiger partial charge in [0.1, 0.15) is 36.6 Å². The smallest absolute Gasteiger partial charge is 0.249 e. The van der Waals surface area contributed by atoms with Crippen molar-refractivity contribution in [2.75, 3.05) is 13.2 Å². The lowest BCUT2D eigenvalue weighted by Gasteiger charge is -2.40. The summed E-state index contributed by atoms with van der Waals surface area (Å²) in [5, 5.41) is 76.4. The van der Waals surface area contributed by atoms with Gasteiger partial charge in [0.05, 0.1) is 25.4 Å². The van der Waals surface area contributed by atoms with Crippen LogP contribution in [0.25, 0.3) is 0 Å². The van der Waals surface area contributed by atoms with E-state index in [1.807, 2.05) is 0 Å². The Hall–Kier alpha value is -0.890. The summed E-state index contributed by atoms with van der Waals surface area (Å²) in [4.78, 5) is 13.2. The Kier molecular flexibility index (Phi) is 49.8. The van der Waals surface area contributed by atoms with Crippen LogP contribution in [0.4, 0.5) is 0 Å². The molecule has 0 aliphatic carbocycles. The van der Waals surface area contributed by atoms with Crippen molar-refractivity contribution in [3.05, 3.63) is 0 Å². The van der Waals surface area contributed by atoms with Gasteiger partial charge in [-0.05, 0) is 12.8 Å². The van der Waals surface area contributed by atoms with Crippen molar-refractivity contribution in [1.29, 1.82) is 0 Å². The first-order valence-electron chi connectivity index (χ1n) is 31.9. The Morgan fingerprint density at radius 1 is 0.425 bits per heavy atom. The minimum absolute atomic E-state index is 0.267. The van der Waals surface area contributed by atoms with Gasteiger partial charge in [-0.1, -0.05) is 309 Å². The van der Waals surface area contributed by atoms with Gasteiger partial charge >= 0.3 is 0 Å². The van der Waals surface area contributed by atoms with Crippen molar-refractivity contribution < 1.29 is 50.0 Å². The van der Waals surface area contributed by atoms with E-state index < -0.39 is 74.2 Å². The van der Waals surface area contributed by atoms with Gasteiger partial charge in [-0.2, -0.15) is 0 Å². The van der Waals surface area contributed by atoms with E-state index >= 15 is 0 Å². The Morgan fingerprint density at radius 2 is 0.712 bits per heavy atom. The molecule has 0 aromatic heterocycles. The topological polar surface area (TPSA) is 189 Å². The van der Waals surface area contributed by atoms with Gasteiger partial charge in [0, 0.05) is 0 Å². The van der Waals surface area contributed by atoms with Crippen molar-refractivity contribution in [2.45, 2.75) is 377 Å². The third-order valence-electron chi connectivity index (χ3n) is 15.9. The zero-order valence-corrected chi connectivity index (χ0v) is 47.9. The minimum Gasteiger partial charge on any atom is -0.394 e. The standard InChI is InChI=1S/C62H123NO10/c1-3-5-7-9-11-13-15-17-19-21-23-25-27-28-30-32-34-36-38-40-42-44-46-48-50-55(66)61(71)63-53(52-72-62-60(70)59(69)58(68)56(51-64)73-62)57(67)54(65)49-47-45-43-41-39-37-35-33-31-29-26-24-22-20-18-16-14-12-10-8-6-4-2/h53-60,62,64-70H,3-52H2,1-2H3,(H,63,71). The summed E-state index contributed by atoms with van der Waals surface area (Å²) >= 11 is 0. The van der Waals surface area contributed by atoms with Gasteiger partial charge < -0.3 is 50.5 Å². The van der Waals surface area contributed by atoms with E-state index in [0.717, 1.165) is 38.5 Å². The number of amides is 1. The fourth-order valence-electron chi connectivity index (χ4n) is 10.7. The van der Waals surface area contributed by atoms with E-state index in [1.165, 1.54) is 244 Å². The molecular weight excluding hydrogens is 919 g/mol. The molecular formula is C62H123NO10. The molecule has 9 atom stereocenters. The third-order valence-corrected chi connectivity index (χ3v) is 15.9. The molecule has 1 aliphatic heterocycles. The van der Waals surface area contributed by atoms with Gasteiger partial charge in [-0.3, -0.25) is 4.79 Å². The quantitative estimate of drug-likeness (QED) is 0.0272. The summed E-state index contributed by atoms with van der Waals surface area (Å²) in [7, 11) is 0. The van der Waals surface area contributed by atoms with Crippen molar-refractivity contribution in [3.8, 4) is 0 Å². The molecule has 11 heteroatoms. The second-order valence-electron chi connectivity index (χ2n) is 22.9. The molecule has 0 bridgehead atoms. The van der Waals surface area contributed by atoms with Crippen molar-refractivity contribution in [2.24, 2.45) is 0 Å². The predicted molar refractivity (Wildman–Crippen MR) is 303 cm³/mol. The van der Waals surface area contributed by atoms with E-state index in [9.17, 15) is 40.5 Å². The Morgan fingerprint density at radius 3 is 1.01 bits per heavy atom. The maximum Gasteiger partial charge on any atom is 0.249 e. The van der Waals surface area contributed by atoms with Crippen LogP contribution in [0, 0.1) is 0 Å². The summed E-state index contributed by atoms with van der Waals surface area (Å²) < 4.78 is 11.2. The monoisotopic (exact) mass is 1040 g/mol. The highest BCUT2D eigenvalue weighted by Crippen LogP contribution is 2.24. The number of hydrogen-bond donors (Lipinski definition) is 8. The molecule has 0 aromatic rings. The van der Waals surface area contributed by atoms with Crippen LogP contribution < -0.4 is 5.32 Å². The number of unbranched alkanes of at least 4 members (excludes halogenated alkanes) is 44. The normalized spacial score (nSPS) is 19.8. The number of carbonyl (C=O) groups is 1. The molecule has 8 N–H and O–H groups in total. The Balaban J connectivity index is 2.25. The van der Waals surface area contributed by atoms with Crippen LogP contribution in [0.1, 0.15) is 322 Å². The average Bonchev–Trinajstić information content (AvgIpc) is 3.39. The van der Waals surface area contributed by atoms with E-state index in [4.69, 9.17) is 9.47 Å². The number of nitrogens with one attached hydrogen (secondary N) is 1. The number of rotatable bonds is 56. The molecule has 73 heavy (non-hydrogen) atoms. The van der Waals surface area contributed by atoms with Gasteiger partial charge in [-0.25, -0.2) is 0 Å². The van der Waals surface area contributed by atoms with Crippen LogP contribution in [-0.2, 0) is 14.3 Å².